The summed E-state index contributed by atoms with van der Waals surface area (Å²) in [5, 5.41) is 11.4. The molecule has 1 rings (SSSR count). The number of hydrogen-bond acceptors (Lipinski definition) is 2. The van der Waals surface area contributed by atoms with Crippen LogP contribution < -0.4 is 5.32 Å². The molecule has 78 valence electrons. The van der Waals surface area contributed by atoms with E-state index in [-0.39, 0.29) is 11.8 Å². The number of rotatable bonds is 3. The number of carbonyl (C=O) groups excluding carboxylic acids is 1. The second-order valence-electron chi connectivity index (χ2n) is 3.54. The summed E-state index contributed by atoms with van der Waals surface area (Å²) < 4.78 is 0. The van der Waals surface area contributed by atoms with E-state index in [1.165, 1.54) is 6.92 Å². The van der Waals surface area contributed by atoms with Crippen molar-refractivity contribution in [3.05, 3.63) is 12.2 Å². The third-order valence-electron chi connectivity index (χ3n) is 2.34. The number of carbonyl (C=O) groups is 2. The molecule has 1 aliphatic rings. The average Bonchev–Trinajstić information content (AvgIpc) is 2.15. The molecule has 2 atom stereocenters. The minimum atomic E-state index is -0.961. The molecule has 0 aromatic carbocycles. The van der Waals surface area contributed by atoms with E-state index in [0.29, 0.717) is 0 Å². The van der Waals surface area contributed by atoms with Gasteiger partial charge in [0.2, 0.25) is 5.91 Å². The maximum atomic E-state index is 10.9. The van der Waals surface area contributed by atoms with Gasteiger partial charge in [-0.2, -0.15) is 0 Å². The highest BCUT2D eigenvalue weighted by molar-refractivity contribution is 5.82. The molecule has 2 N–H and O–H groups in total. The Hall–Kier alpha value is -1.32. The maximum absolute atomic E-state index is 10.9. The Morgan fingerprint density at radius 1 is 1.57 bits per heavy atom. The van der Waals surface area contributed by atoms with Gasteiger partial charge in [-0.3, -0.25) is 4.79 Å². The van der Waals surface area contributed by atoms with Crippen molar-refractivity contribution in [1.82, 2.24) is 5.32 Å². The Morgan fingerprint density at radius 2 is 2.29 bits per heavy atom. The summed E-state index contributed by atoms with van der Waals surface area (Å²) in [4.78, 5) is 21.7. The van der Waals surface area contributed by atoms with Crippen LogP contribution in [0, 0.1) is 5.92 Å². The normalized spacial score (nSPS) is 22.8. The van der Waals surface area contributed by atoms with Crippen LogP contribution in [0.2, 0.25) is 0 Å². The van der Waals surface area contributed by atoms with E-state index in [1.54, 1.807) is 0 Å². The molecule has 1 aliphatic carbocycles. The van der Waals surface area contributed by atoms with E-state index in [9.17, 15) is 9.59 Å². The molecule has 4 nitrogen and oxygen atoms in total. The van der Waals surface area contributed by atoms with Crippen molar-refractivity contribution in [2.24, 2.45) is 5.92 Å². The smallest absolute Gasteiger partial charge is 0.326 e. The molecule has 0 saturated carbocycles. The van der Waals surface area contributed by atoms with Gasteiger partial charge in [-0.25, -0.2) is 4.79 Å². The zero-order valence-electron chi connectivity index (χ0n) is 8.19. The fourth-order valence-electron chi connectivity index (χ4n) is 1.69. The van der Waals surface area contributed by atoms with E-state index in [4.69, 9.17) is 5.11 Å². The molecule has 0 fully saturated rings. The van der Waals surface area contributed by atoms with Gasteiger partial charge in [-0.1, -0.05) is 12.2 Å². The minimum Gasteiger partial charge on any atom is -0.480 e. The SMILES string of the molecule is CC(=O)NC(C(=O)O)[C@H]1C=CCCC1. The predicted octanol–water partition coefficient (Wildman–Crippen LogP) is 0.932. The first kappa shape index (κ1) is 10.8. The van der Waals surface area contributed by atoms with Crippen molar-refractivity contribution in [2.45, 2.75) is 32.2 Å². The summed E-state index contributed by atoms with van der Waals surface area (Å²) in [6.07, 6.45) is 6.69. The topological polar surface area (TPSA) is 66.4 Å². The number of hydrogen-bond donors (Lipinski definition) is 2. The van der Waals surface area contributed by atoms with Crippen LogP contribution in [0.15, 0.2) is 12.2 Å². The van der Waals surface area contributed by atoms with Crippen LogP contribution >= 0.6 is 0 Å². The van der Waals surface area contributed by atoms with Crippen LogP contribution in [0.4, 0.5) is 0 Å². The third kappa shape index (κ3) is 2.87. The van der Waals surface area contributed by atoms with Crippen molar-refractivity contribution in [3.63, 3.8) is 0 Å². The average molecular weight is 197 g/mol. The lowest BCUT2D eigenvalue weighted by Crippen LogP contribution is -2.44. The molecule has 1 unspecified atom stereocenters. The van der Waals surface area contributed by atoms with Crippen molar-refractivity contribution in [2.75, 3.05) is 0 Å². The lowest BCUT2D eigenvalue weighted by atomic mass is 9.89. The highest BCUT2D eigenvalue weighted by Crippen LogP contribution is 2.20. The van der Waals surface area contributed by atoms with E-state index in [1.807, 2.05) is 12.2 Å². The molecule has 0 saturated heterocycles. The van der Waals surface area contributed by atoms with Crippen molar-refractivity contribution < 1.29 is 14.7 Å². The summed E-state index contributed by atoms with van der Waals surface area (Å²) in [7, 11) is 0. The fourth-order valence-corrected chi connectivity index (χ4v) is 1.69. The van der Waals surface area contributed by atoms with Crippen molar-refractivity contribution in [1.29, 1.82) is 0 Å². The highest BCUT2D eigenvalue weighted by Gasteiger charge is 2.27. The summed E-state index contributed by atoms with van der Waals surface area (Å²) >= 11 is 0. The van der Waals surface area contributed by atoms with Gasteiger partial charge in [0.1, 0.15) is 6.04 Å². The monoisotopic (exact) mass is 197 g/mol. The predicted molar refractivity (Wildman–Crippen MR) is 51.7 cm³/mol. The van der Waals surface area contributed by atoms with E-state index in [0.717, 1.165) is 19.3 Å². The lowest BCUT2D eigenvalue weighted by Gasteiger charge is -2.23. The Morgan fingerprint density at radius 3 is 2.71 bits per heavy atom. The molecule has 1 amide bonds. The quantitative estimate of drug-likeness (QED) is 0.661. The van der Waals surface area contributed by atoms with Crippen LogP contribution in [-0.2, 0) is 9.59 Å². The number of amides is 1. The van der Waals surface area contributed by atoms with Crippen LogP contribution in [0.25, 0.3) is 0 Å². The largest absolute Gasteiger partial charge is 0.480 e. The standard InChI is InChI=1S/C10H15NO3/c1-7(12)11-9(10(13)14)8-5-3-2-4-6-8/h3,5,8-9H,2,4,6H2,1H3,(H,11,12)(H,13,14)/t8-,9?/m0/s1. The zero-order valence-corrected chi connectivity index (χ0v) is 8.19. The summed E-state index contributed by atoms with van der Waals surface area (Å²) in [6.45, 7) is 1.34. The van der Waals surface area contributed by atoms with Gasteiger partial charge in [-0.05, 0) is 19.3 Å². The van der Waals surface area contributed by atoms with Gasteiger partial charge >= 0.3 is 5.97 Å². The number of carboxylic acids is 1. The Kier molecular flexibility index (Phi) is 3.68. The number of allylic oxidation sites excluding steroid dienone is 1. The van der Waals surface area contributed by atoms with Crippen LogP contribution in [0.5, 0.6) is 0 Å². The van der Waals surface area contributed by atoms with Crippen LogP contribution in [0.3, 0.4) is 0 Å². The second kappa shape index (κ2) is 4.79. The molecule has 0 heterocycles. The number of aliphatic carboxylic acids is 1. The Labute approximate surface area is 83.0 Å². The highest BCUT2D eigenvalue weighted by atomic mass is 16.4. The maximum Gasteiger partial charge on any atom is 0.326 e. The van der Waals surface area contributed by atoms with Gasteiger partial charge in [0.15, 0.2) is 0 Å². The van der Waals surface area contributed by atoms with Gasteiger partial charge < -0.3 is 10.4 Å². The lowest BCUT2D eigenvalue weighted by molar-refractivity contribution is -0.142. The molecule has 4 heteroatoms. The van der Waals surface area contributed by atoms with Crippen molar-refractivity contribution in [3.8, 4) is 0 Å². The van der Waals surface area contributed by atoms with Gasteiger partial charge in [0.25, 0.3) is 0 Å². The number of carboxylic acid groups (broad SMARTS) is 1. The van der Waals surface area contributed by atoms with E-state index in [2.05, 4.69) is 5.32 Å². The fraction of sp³-hybridized carbons (Fsp3) is 0.600. The molecular weight excluding hydrogens is 182 g/mol. The van der Waals surface area contributed by atoms with Crippen molar-refractivity contribution >= 4 is 11.9 Å². The second-order valence-corrected chi connectivity index (χ2v) is 3.54. The van der Waals surface area contributed by atoms with E-state index < -0.39 is 12.0 Å². The molecule has 0 spiro atoms. The third-order valence-corrected chi connectivity index (χ3v) is 2.34. The summed E-state index contributed by atoms with van der Waals surface area (Å²) in [5.74, 6) is -1.32. The van der Waals surface area contributed by atoms with Gasteiger partial charge in [-0.15, -0.1) is 0 Å². The zero-order chi connectivity index (χ0) is 10.6. The van der Waals surface area contributed by atoms with Gasteiger partial charge in [0.05, 0.1) is 0 Å². The molecule has 0 aromatic heterocycles. The molecule has 0 aliphatic heterocycles. The molecular formula is C10H15NO3. The van der Waals surface area contributed by atoms with Crippen LogP contribution in [-0.4, -0.2) is 23.0 Å². The summed E-state index contributed by atoms with van der Waals surface area (Å²) in [6, 6.07) is -0.774. The van der Waals surface area contributed by atoms with Gasteiger partial charge in [0, 0.05) is 12.8 Å². The summed E-state index contributed by atoms with van der Waals surface area (Å²) in [5.41, 5.74) is 0. The Bertz CT molecular complexity index is 260. The van der Waals surface area contributed by atoms with Crippen LogP contribution in [0.1, 0.15) is 26.2 Å². The first-order valence-corrected chi connectivity index (χ1v) is 4.78. The first-order chi connectivity index (χ1) is 6.61. The molecule has 0 aromatic rings. The number of nitrogens with one attached hydrogen (secondary N) is 1. The molecule has 14 heavy (non-hydrogen) atoms. The Balaban J connectivity index is 2.65. The molecule has 0 radical (unpaired) electrons. The van der Waals surface area contributed by atoms with E-state index >= 15 is 0 Å². The minimum absolute atomic E-state index is 0.0647. The first-order valence-electron chi connectivity index (χ1n) is 4.78. The molecule has 0 bridgehead atoms.